The van der Waals surface area contributed by atoms with E-state index in [-0.39, 0.29) is 30.2 Å². The number of rotatable bonds is 4. The lowest BCUT2D eigenvalue weighted by Gasteiger charge is -2.45. The lowest BCUT2D eigenvalue weighted by Crippen LogP contribution is -2.58. The van der Waals surface area contributed by atoms with Crippen molar-refractivity contribution in [2.24, 2.45) is 23.7 Å². The molecule has 1 saturated heterocycles. The lowest BCUT2D eigenvalue weighted by atomic mass is 9.69. The number of nitrogens with zero attached hydrogens (tertiary/aromatic N) is 1. The standard InChI is InChI=1S/C20H34N2O5/c1-12(2)16(21-19(26)27-20(3,4)5)17(23)22-10-13-8-6-7-9-14(13)15(11-22)18(24)25/h12-16H,6-11H2,1-5H3,(H,21,26)(H,24,25)/t13?,14?,15?,16-/m0/s1. The number of aliphatic carboxylic acids is 1. The van der Waals surface area contributed by atoms with Crippen molar-refractivity contribution in [1.82, 2.24) is 10.2 Å². The first-order chi connectivity index (χ1) is 12.5. The Hall–Kier alpha value is -1.79. The number of hydrogen-bond donors (Lipinski definition) is 2. The number of carbonyl (C=O) groups excluding carboxylic acids is 2. The van der Waals surface area contributed by atoms with Gasteiger partial charge in [0.15, 0.2) is 0 Å². The maximum absolute atomic E-state index is 13.1. The molecule has 1 aliphatic carbocycles. The minimum atomic E-state index is -0.828. The molecule has 1 saturated carbocycles. The molecule has 2 amide bonds. The fourth-order valence-electron chi connectivity index (χ4n) is 4.31. The van der Waals surface area contributed by atoms with E-state index in [4.69, 9.17) is 4.74 Å². The average molecular weight is 383 g/mol. The largest absolute Gasteiger partial charge is 0.481 e. The van der Waals surface area contributed by atoms with Crippen LogP contribution in [0.1, 0.15) is 60.3 Å². The average Bonchev–Trinajstić information content (AvgIpc) is 2.56. The summed E-state index contributed by atoms with van der Waals surface area (Å²) in [6.45, 7) is 9.82. The van der Waals surface area contributed by atoms with E-state index < -0.39 is 29.6 Å². The number of piperidine rings is 1. The van der Waals surface area contributed by atoms with Crippen LogP contribution in [0.5, 0.6) is 0 Å². The van der Waals surface area contributed by atoms with E-state index >= 15 is 0 Å². The summed E-state index contributed by atoms with van der Waals surface area (Å²) in [7, 11) is 0. The fourth-order valence-corrected chi connectivity index (χ4v) is 4.31. The van der Waals surface area contributed by atoms with E-state index in [9.17, 15) is 19.5 Å². The van der Waals surface area contributed by atoms with Crippen molar-refractivity contribution >= 4 is 18.0 Å². The summed E-state index contributed by atoms with van der Waals surface area (Å²) >= 11 is 0. The molecule has 0 bridgehead atoms. The molecule has 154 valence electrons. The minimum absolute atomic E-state index is 0.127. The van der Waals surface area contributed by atoms with Gasteiger partial charge >= 0.3 is 12.1 Å². The van der Waals surface area contributed by atoms with Gasteiger partial charge in [-0.15, -0.1) is 0 Å². The molecule has 2 aliphatic rings. The SMILES string of the molecule is CC(C)[C@H](NC(=O)OC(C)(C)C)C(=O)N1CC2CCCCC2C(C(=O)O)C1. The summed E-state index contributed by atoms with van der Waals surface area (Å²) in [5.74, 6) is -1.32. The van der Waals surface area contributed by atoms with Crippen molar-refractivity contribution in [2.45, 2.75) is 71.9 Å². The molecular formula is C20H34N2O5. The van der Waals surface area contributed by atoms with Crippen LogP contribution in [-0.2, 0) is 14.3 Å². The molecule has 2 N–H and O–H groups in total. The molecule has 0 aromatic heterocycles. The summed E-state index contributed by atoms with van der Waals surface area (Å²) in [5.41, 5.74) is -0.649. The highest BCUT2D eigenvalue weighted by Gasteiger charge is 2.44. The molecule has 0 spiro atoms. The summed E-state index contributed by atoms with van der Waals surface area (Å²) in [4.78, 5) is 38.7. The predicted octanol–water partition coefficient (Wildman–Crippen LogP) is 2.89. The third-order valence-corrected chi connectivity index (χ3v) is 5.59. The number of alkyl carbamates (subject to hydrolysis) is 1. The van der Waals surface area contributed by atoms with Gasteiger partial charge in [-0.3, -0.25) is 9.59 Å². The smallest absolute Gasteiger partial charge is 0.408 e. The van der Waals surface area contributed by atoms with Crippen LogP contribution in [0, 0.1) is 23.7 Å². The summed E-state index contributed by atoms with van der Waals surface area (Å²) in [6, 6.07) is -0.727. The van der Waals surface area contributed by atoms with Crippen LogP contribution in [0.4, 0.5) is 4.79 Å². The van der Waals surface area contributed by atoms with Crippen molar-refractivity contribution in [3.05, 3.63) is 0 Å². The second-order valence-electron chi connectivity index (χ2n) is 9.26. The van der Waals surface area contributed by atoms with Gasteiger partial charge in [0.1, 0.15) is 11.6 Å². The first-order valence-electron chi connectivity index (χ1n) is 10.0. The third-order valence-electron chi connectivity index (χ3n) is 5.59. The monoisotopic (exact) mass is 382 g/mol. The van der Waals surface area contributed by atoms with Gasteiger partial charge in [-0.05, 0) is 51.4 Å². The molecule has 1 heterocycles. The number of hydrogen-bond acceptors (Lipinski definition) is 4. The van der Waals surface area contributed by atoms with E-state index in [2.05, 4.69) is 5.32 Å². The van der Waals surface area contributed by atoms with Gasteiger partial charge in [0.25, 0.3) is 0 Å². The summed E-state index contributed by atoms with van der Waals surface area (Å²) in [5, 5.41) is 12.4. The van der Waals surface area contributed by atoms with Crippen molar-refractivity contribution in [3.8, 4) is 0 Å². The molecule has 2 fully saturated rings. The molecule has 0 aromatic rings. The molecule has 1 aliphatic heterocycles. The molecule has 3 unspecified atom stereocenters. The highest BCUT2D eigenvalue weighted by Crippen LogP contribution is 2.39. The number of amides is 2. The van der Waals surface area contributed by atoms with Crippen molar-refractivity contribution in [2.75, 3.05) is 13.1 Å². The Kier molecular flexibility index (Phi) is 6.76. The normalized spacial score (nSPS) is 26.9. The number of carboxylic acid groups (broad SMARTS) is 1. The number of fused-ring (bicyclic) bond motifs is 1. The van der Waals surface area contributed by atoms with Crippen molar-refractivity contribution in [1.29, 1.82) is 0 Å². The van der Waals surface area contributed by atoms with Gasteiger partial charge in [-0.1, -0.05) is 26.7 Å². The zero-order valence-corrected chi connectivity index (χ0v) is 17.2. The van der Waals surface area contributed by atoms with Crippen LogP contribution in [-0.4, -0.2) is 52.7 Å². The first-order valence-corrected chi connectivity index (χ1v) is 10.0. The zero-order chi connectivity index (χ0) is 20.4. The third kappa shape index (κ3) is 5.59. The Morgan fingerprint density at radius 1 is 1.11 bits per heavy atom. The van der Waals surface area contributed by atoms with Crippen LogP contribution in [0.25, 0.3) is 0 Å². The molecule has 0 radical (unpaired) electrons. The van der Waals surface area contributed by atoms with Gasteiger partial charge in [0.2, 0.25) is 5.91 Å². The first kappa shape index (κ1) is 21.5. The Labute approximate surface area is 161 Å². The summed E-state index contributed by atoms with van der Waals surface area (Å²) < 4.78 is 5.29. The number of carboxylic acids is 1. The molecule has 0 aromatic carbocycles. The number of likely N-dealkylation sites (tertiary alicyclic amines) is 1. The second kappa shape index (κ2) is 8.48. The van der Waals surface area contributed by atoms with Crippen LogP contribution in [0.2, 0.25) is 0 Å². The number of ether oxygens (including phenoxy) is 1. The van der Waals surface area contributed by atoms with E-state index in [1.807, 2.05) is 13.8 Å². The molecule has 27 heavy (non-hydrogen) atoms. The van der Waals surface area contributed by atoms with Crippen LogP contribution in [0.15, 0.2) is 0 Å². The maximum atomic E-state index is 13.1. The Bertz CT molecular complexity index is 569. The van der Waals surface area contributed by atoms with E-state index in [1.54, 1.807) is 25.7 Å². The maximum Gasteiger partial charge on any atom is 0.408 e. The number of carbonyl (C=O) groups is 3. The van der Waals surface area contributed by atoms with Gasteiger partial charge < -0.3 is 20.1 Å². The van der Waals surface area contributed by atoms with Crippen LogP contribution < -0.4 is 5.32 Å². The lowest BCUT2D eigenvalue weighted by molar-refractivity contribution is -0.153. The molecule has 7 heteroatoms. The second-order valence-corrected chi connectivity index (χ2v) is 9.26. The molecule has 2 rings (SSSR count). The molecule has 7 nitrogen and oxygen atoms in total. The van der Waals surface area contributed by atoms with Crippen molar-refractivity contribution < 1.29 is 24.2 Å². The van der Waals surface area contributed by atoms with E-state index in [0.29, 0.717) is 6.54 Å². The quantitative estimate of drug-likeness (QED) is 0.779. The minimum Gasteiger partial charge on any atom is -0.481 e. The van der Waals surface area contributed by atoms with E-state index in [0.717, 1.165) is 25.7 Å². The van der Waals surface area contributed by atoms with Crippen LogP contribution >= 0.6 is 0 Å². The Balaban J connectivity index is 2.12. The van der Waals surface area contributed by atoms with Gasteiger partial charge in [0, 0.05) is 13.1 Å². The molecular weight excluding hydrogens is 348 g/mol. The summed E-state index contributed by atoms with van der Waals surface area (Å²) in [6.07, 6.45) is 3.40. The van der Waals surface area contributed by atoms with Crippen molar-refractivity contribution in [3.63, 3.8) is 0 Å². The highest BCUT2D eigenvalue weighted by molar-refractivity contribution is 5.86. The predicted molar refractivity (Wildman–Crippen MR) is 101 cm³/mol. The Morgan fingerprint density at radius 2 is 1.74 bits per heavy atom. The molecule has 4 atom stereocenters. The number of nitrogens with one attached hydrogen (secondary N) is 1. The van der Waals surface area contributed by atoms with Gasteiger partial charge in [-0.25, -0.2) is 4.79 Å². The fraction of sp³-hybridized carbons (Fsp3) is 0.850. The topological polar surface area (TPSA) is 95.9 Å². The highest BCUT2D eigenvalue weighted by atomic mass is 16.6. The Morgan fingerprint density at radius 3 is 2.30 bits per heavy atom. The van der Waals surface area contributed by atoms with Gasteiger partial charge in [0.05, 0.1) is 5.92 Å². The van der Waals surface area contributed by atoms with E-state index in [1.165, 1.54) is 0 Å². The van der Waals surface area contributed by atoms with Gasteiger partial charge in [-0.2, -0.15) is 0 Å². The van der Waals surface area contributed by atoms with Crippen LogP contribution in [0.3, 0.4) is 0 Å². The zero-order valence-electron chi connectivity index (χ0n) is 17.2.